The van der Waals surface area contributed by atoms with Crippen LogP contribution in [0.4, 0.5) is 0 Å². The van der Waals surface area contributed by atoms with Crippen molar-refractivity contribution < 1.29 is 13.2 Å². The quantitative estimate of drug-likeness (QED) is 0.821. The molecule has 1 aromatic rings. The van der Waals surface area contributed by atoms with Crippen LogP contribution in [-0.2, 0) is 14.8 Å². The summed E-state index contributed by atoms with van der Waals surface area (Å²) in [6.45, 7) is 4.72. The Morgan fingerprint density at radius 1 is 1.23 bits per heavy atom. The SMILES string of the molecule is COCC1(CNS(=O)(=O)c2ccc(C)cc2)CCNCC1.Cl. The summed E-state index contributed by atoms with van der Waals surface area (Å²) in [5.74, 6) is 0. The van der Waals surface area contributed by atoms with E-state index >= 15 is 0 Å². The number of nitrogens with one attached hydrogen (secondary N) is 2. The Morgan fingerprint density at radius 3 is 2.36 bits per heavy atom. The highest BCUT2D eigenvalue weighted by Gasteiger charge is 2.33. The molecular formula is C15H25ClN2O3S. The molecule has 126 valence electrons. The molecule has 0 aromatic heterocycles. The summed E-state index contributed by atoms with van der Waals surface area (Å²) in [5.41, 5.74) is 0.931. The lowest BCUT2D eigenvalue weighted by Gasteiger charge is -2.37. The third-order valence-corrected chi connectivity index (χ3v) is 5.50. The molecule has 0 aliphatic carbocycles. The topological polar surface area (TPSA) is 67.4 Å². The highest BCUT2D eigenvalue weighted by molar-refractivity contribution is 7.89. The van der Waals surface area contributed by atoms with E-state index < -0.39 is 10.0 Å². The van der Waals surface area contributed by atoms with Crippen LogP contribution >= 0.6 is 12.4 Å². The zero-order valence-corrected chi connectivity index (χ0v) is 14.7. The number of halogens is 1. The molecule has 1 aromatic carbocycles. The van der Waals surface area contributed by atoms with Crippen molar-refractivity contribution in [1.29, 1.82) is 0 Å². The Balaban J connectivity index is 0.00000242. The average molecular weight is 349 g/mol. The van der Waals surface area contributed by atoms with Gasteiger partial charge in [0.1, 0.15) is 0 Å². The Hall–Kier alpha value is -0.660. The monoisotopic (exact) mass is 348 g/mol. The lowest BCUT2D eigenvalue weighted by Crippen LogP contribution is -2.47. The minimum absolute atomic E-state index is 0. The Morgan fingerprint density at radius 2 is 1.82 bits per heavy atom. The molecular weight excluding hydrogens is 324 g/mol. The molecule has 0 bridgehead atoms. The highest BCUT2D eigenvalue weighted by atomic mass is 35.5. The predicted octanol–water partition coefficient (Wildman–Crippen LogP) is 1.71. The molecule has 0 saturated carbocycles. The van der Waals surface area contributed by atoms with Crippen LogP contribution in [-0.4, -0.2) is 41.8 Å². The number of rotatable bonds is 6. The van der Waals surface area contributed by atoms with E-state index in [0.717, 1.165) is 31.5 Å². The van der Waals surface area contributed by atoms with Crippen molar-refractivity contribution in [3.63, 3.8) is 0 Å². The molecule has 0 amide bonds. The molecule has 7 heteroatoms. The first-order valence-electron chi connectivity index (χ1n) is 7.23. The largest absolute Gasteiger partial charge is 0.384 e. The molecule has 2 N–H and O–H groups in total. The third-order valence-electron chi connectivity index (χ3n) is 4.08. The summed E-state index contributed by atoms with van der Waals surface area (Å²) in [6, 6.07) is 6.90. The number of ether oxygens (including phenoxy) is 1. The van der Waals surface area contributed by atoms with Crippen LogP contribution in [0.25, 0.3) is 0 Å². The van der Waals surface area contributed by atoms with Crippen LogP contribution in [0.5, 0.6) is 0 Å². The van der Waals surface area contributed by atoms with Crippen LogP contribution in [0.15, 0.2) is 29.2 Å². The van der Waals surface area contributed by atoms with E-state index in [1.165, 1.54) is 0 Å². The molecule has 1 heterocycles. The van der Waals surface area contributed by atoms with Crippen LogP contribution in [0.2, 0.25) is 0 Å². The molecule has 0 atom stereocenters. The maximum atomic E-state index is 12.4. The van der Waals surface area contributed by atoms with E-state index in [1.807, 2.05) is 19.1 Å². The summed E-state index contributed by atoms with van der Waals surface area (Å²) in [5, 5.41) is 3.30. The zero-order chi connectivity index (χ0) is 15.3. The van der Waals surface area contributed by atoms with Crippen molar-refractivity contribution in [3.8, 4) is 0 Å². The lowest BCUT2D eigenvalue weighted by molar-refractivity contribution is 0.0577. The van der Waals surface area contributed by atoms with Gasteiger partial charge in [-0.3, -0.25) is 0 Å². The number of sulfonamides is 1. The maximum Gasteiger partial charge on any atom is 0.240 e. The molecule has 0 radical (unpaired) electrons. The number of hydrogen-bond acceptors (Lipinski definition) is 4. The number of hydrogen-bond donors (Lipinski definition) is 2. The standard InChI is InChI=1S/C15H24N2O3S.ClH/c1-13-3-5-14(6-4-13)21(18,19)17-11-15(12-20-2)7-9-16-10-8-15;/h3-6,16-17H,7-12H2,1-2H3;1H. The molecule has 2 rings (SSSR count). The maximum absolute atomic E-state index is 12.4. The fourth-order valence-electron chi connectivity index (χ4n) is 2.68. The Kier molecular flexibility index (Phi) is 7.28. The zero-order valence-electron chi connectivity index (χ0n) is 13.1. The summed E-state index contributed by atoms with van der Waals surface area (Å²) >= 11 is 0. The highest BCUT2D eigenvalue weighted by Crippen LogP contribution is 2.28. The second-order valence-electron chi connectivity index (χ2n) is 5.82. The van der Waals surface area contributed by atoms with Crippen LogP contribution in [0, 0.1) is 12.3 Å². The fourth-order valence-corrected chi connectivity index (χ4v) is 3.84. The smallest absolute Gasteiger partial charge is 0.240 e. The van der Waals surface area contributed by atoms with Gasteiger partial charge in [0.2, 0.25) is 10.0 Å². The van der Waals surface area contributed by atoms with E-state index in [-0.39, 0.29) is 17.8 Å². The van der Waals surface area contributed by atoms with Crippen LogP contribution in [0.1, 0.15) is 18.4 Å². The van der Waals surface area contributed by atoms with Gasteiger partial charge in [-0.05, 0) is 45.0 Å². The van der Waals surface area contributed by atoms with Crippen LogP contribution in [0.3, 0.4) is 0 Å². The molecule has 1 aliphatic heterocycles. The summed E-state index contributed by atoms with van der Waals surface area (Å²) < 4.78 is 32.8. The van der Waals surface area contributed by atoms with Gasteiger partial charge in [0.25, 0.3) is 0 Å². The van der Waals surface area contributed by atoms with Crippen molar-refractivity contribution in [2.24, 2.45) is 5.41 Å². The van der Waals surface area contributed by atoms with Gasteiger partial charge < -0.3 is 10.1 Å². The number of methoxy groups -OCH3 is 1. The van der Waals surface area contributed by atoms with Gasteiger partial charge >= 0.3 is 0 Å². The molecule has 22 heavy (non-hydrogen) atoms. The van der Waals surface area contributed by atoms with Crippen molar-refractivity contribution in [2.75, 3.05) is 33.4 Å². The van der Waals surface area contributed by atoms with Crippen molar-refractivity contribution in [1.82, 2.24) is 10.0 Å². The molecule has 5 nitrogen and oxygen atoms in total. The second kappa shape index (κ2) is 8.26. The van der Waals surface area contributed by atoms with E-state index in [2.05, 4.69) is 10.0 Å². The van der Waals surface area contributed by atoms with Gasteiger partial charge in [-0.2, -0.15) is 0 Å². The Labute approximate surface area is 139 Å². The van der Waals surface area contributed by atoms with Crippen molar-refractivity contribution in [2.45, 2.75) is 24.7 Å². The van der Waals surface area contributed by atoms with Gasteiger partial charge in [-0.1, -0.05) is 17.7 Å². The van der Waals surface area contributed by atoms with Gasteiger partial charge in [0.05, 0.1) is 11.5 Å². The molecule has 0 spiro atoms. The molecule has 1 aliphatic rings. The predicted molar refractivity (Wildman–Crippen MR) is 90.0 cm³/mol. The number of piperidine rings is 1. The summed E-state index contributed by atoms with van der Waals surface area (Å²) in [6.07, 6.45) is 1.83. The number of benzene rings is 1. The molecule has 1 saturated heterocycles. The molecule has 1 fully saturated rings. The molecule has 0 unspecified atom stereocenters. The first-order chi connectivity index (χ1) is 9.97. The van der Waals surface area contributed by atoms with E-state index in [9.17, 15) is 8.42 Å². The van der Waals surface area contributed by atoms with Crippen LogP contribution < -0.4 is 10.0 Å². The van der Waals surface area contributed by atoms with E-state index in [1.54, 1.807) is 19.2 Å². The van der Waals surface area contributed by atoms with Gasteiger partial charge in [0, 0.05) is 19.1 Å². The first-order valence-corrected chi connectivity index (χ1v) is 8.72. The minimum Gasteiger partial charge on any atom is -0.384 e. The Bertz CT molecular complexity index is 549. The number of aryl methyl sites for hydroxylation is 1. The first kappa shape index (κ1) is 19.4. The van der Waals surface area contributed by atoms with E-state index in [4.69, 9.17) is 4.74 Å². The van der Waals surface area contributed by atoms with Gasteiger partial charge in [-0.15, -0.1) is 12.4 Å². The van der Waals surface area contributed by atoms with Crippen molar-refractivity contribution in [3.05, 3.63) is 29.8 Å². The fraction of sp³-hybridized carbons (Fsp3) is 0.600. The summed E-state index contributed by atoms with van der Waals surface area (Å²) in [7, 11) is -1.79. The van der Waals surface area contributed by atoms with Gasteiger partial charge in [0.15, 0.2) is 0 Å². The van der Waals surface area contributed by atoms with Crippen molar-refractivity contribution >= 4 is 22.4 Å². The van der Waals surface area contributed by atoms with E-state index in [0.29, 0.717) is 18.0 Å². The minimum atomic E-state index is -3.46. The third kappa shape index (κ3) is 4.93. The second-order valence-corrected chi connectivity index (χ2v) is 7.59. The average Bonchev–Trinajstić information content (AvgIpc) is 2.47. The summed E-state index contributed by atoms with van der Waals surface area (Å²) in [4.78, 5) is 0.314. The van der Waals surface area contributed by atoms with Gasteiger partial charge in [-0.25, -0.2) is 13.1 Å². The normalized spacial score (nSPS) is 17.7. The lowest BCUT2D eigenvalue weighted by atomic mass is 9.80.